The lowest BCUT2D eigenvalue weighted by Gasteiger charge is -2.07. The van der Waals surface area contributed by atoms with Crippen molar-refractivity contribution in [2.24, 2.45) is 0 Å². The van der Waals surface area contributed by atoms with Crippen molar-refractivity contribution in [1.29, 1.82) is 0 Å². The number of aromatic nitrogens is 2. The number of hydrogen-bond donors (Lipinski definition) is 2. The van der Waals surface area contributed by atoms with Gasteiger partial charge in [0.25, 0.3) is 0 Å². The van der Waals surface area contributed by atoms with E-state index in [1.165, 1.54) is 0 Å². The van der Waals surface area contributed by atoms with Crippen molar-refractivity contribution in [3.63, 3.8) is 0 Å². The normalized spacial score (nSPS) is 11.3. The van der Waals surface area contributed by atoms with Gasteiger partial charge in [-0.15, -0.1) is 0 Å². The van der Waals surface area contributed by atoms with Gasteiger partial charge in [-0.2, -0.15) is 0 Å². The average molecular weight is 523 g/mol. The summed E-state index contributed by atoms with van der Waals surface area (Å²) in [7, 11) is 0. The van der Waals surface area contributed by atoms with Crippen LogP contribution >= 0.6 is 15.9 Å². The highest BCUT2D eigenvalue weighted by molar-refractivity contribution is 9.10. The van der Waals surface area contributed by atoms with Gasteiger partial charge in [0.2, 0.25) is 5.78 Å². The summed E-state index contributed by atoms with van der Waals surface area (Å²) in [6.07, 6.45) is 0.655. The van der Waals surface area contributed by atoms with Gasteiger partial charge in [0.1, 0.15) is 17.2 Å². The third-order valence-electron chi connectivity index (χ3n) is 6.01. The summed E-state index contributed by atoms with van der Waals surface area (Å²) < 4.78 is 6.78. The molecule has 0 bridgehead atoms. The van der Waals surface area contributed by atoms with E-state index in [1.807, 2.05) is 66.7 Å². The van der Waals surface area contributed by atoms with Crippen molar-refractivity contribution in [3.8, 4) is 17.1 Å². The molecule has 0 atom stereocenters. The first-order chi connectivity index (χ1) is 17.0. The third-order valence-corrected chi connectivity index (χ3v) is 6.50. The van der Waals surface area contributed by atoms with Crippen LogP contribution < -0.4 is 0 Å². The number of rotatable bonds is 5. The maximum atomic E-state index is 12.8. The van der Waals surface area contributed by atoms with Crippen LogP contribution in [0.1, 0.15) is 27.2 Å². The maximum absolute atomic E-state index is 12.8. The number of hydrogen-bond acceptors (Lipinski definition) is 4. The quantitative estimate of drug-likeness (QED) is 0.233. The van der Waals surface area contributed by atoms with Crippen LogP contribution in [-0.2, 0) is 6.42 Å². The van der Waals surface area contributed by atoms with E-state index >= 15 is 0 Å². The molecule has 35 heavy (non-hydrogen) atoms. The zero-order chi connectivity index (χ0) is 23.9. The SMILES string of the molecule is O=C(c1ccccc1)c1cc2cc(Cc3ccc(O)c(-c4nc5ccc(Br)cc5[nH]4)c3)ccc2o1. The number of carbonyl (C=O) groups is 1. The molecule has 2 heterocycles. The van der Waals surface area contributed by atoms with Gasteiger partial charge < -0.3 is 14.5 Å². The Morgan fingerprint density at radius 3 is 2.57 bits per heavy atom. The number of aromatic hydroxyl groups is 1. The van der Waals surface area contributed by atoms with E-state index < -0.39 is 0 Å². The Hall–Kier alpha value is -4.16. The fourth-order valence-electron chi connectivity index (χ4n) is 4.27. The monoisotopic (exact) mass is 522 g/mol. The Morgan fingerprint density at radius 1 is 0.914 bits per heavy atom. The van der Waals surface area contributed by atoms with Crippen LogP contribution in [0.4, 0.5) is 0 Å². The van der Waals surface area contributed by atoms with Gasteiger partial charge in [0, 0.05) is 15.4 Å². The van der Waals surface area contributed by atoms with Gasteiger partial charge in [-0.25, -0.2) is 4.98 Å². The average Bonchev–Trinajstić information content (AvgIpc) is 3.49. The first-order valence-electron chi connectivity index (χ1n) is 11.1. The number of nitrogens with zero attached hydrogens (tertiary/aromatic N) is 1. The molecule has 0 aliphatic rings. The summed E-state index contributed by atoms with van der Waals surface area (Å²) in [5.41, 5.74) is 5.75. The number of aromatic amines is 1. The molecule has 0 fully saturated rings. The number of nitrogens with one attached hydrogen (secondary N) is 1. The van der Waals surface area contributed by atoms with E-state index in [0.717, 1.165) is 32.0 Å². The molecule has 0 saturated carbocycles. The van der Waals surface area contributed by atoms with Crippen LogP contribution in [0.25, 0.3) is 33.4 Å². The van der Waals surface area contributed by atoms with E-state index in [4.69, 9.17) is 4.42 Å². The highest BCUT2D eigenvalue weighted by Crippen LogP contribution is 2.31. The van der Waals surface area contributed by atoms with Crippen molar-refractivity contribution in [2.45, 2.75) is 6.42 Å². The van der Waals surface area contributed by atoms with Crippen molar-refractivity contribution < 1.29 is 14.3 Å². The van der Waals surface area contributed by atoms with Crippen LogP contribution in [0.5, 0.6) is 5.75 Å². The Kier molecular flexibility index (Phi) is 5.23. The Labute approximate surface area is 209 Å². The number of phenolic OH excluding ortho intramolecular Hbond substituents is 1. The predicted molar refractivity (Wildman–Crippen MR) is 140 cm³/mol. The van der Waals surface area contributed by atoms with E-state index in [2.05, 4.69) is 25.9 Å². The fourth-order valence-corrected chi connectivity index (χ4v) is 4.64. The Morgan fingerprint density at radius 2 is 1.71 bits per heavy atom. The highest BCUT2D eigenvalue weighted by atomic mass is 79.9. The summed E-state index contributed by atoms with van der Waals surface area (Å²) in [5.74, 6) is 0.976. The number of benzene rings is 4. The smallest absolute Gasteiger partial charge is 0.228 e. The summed E-state index contributed by atoms with van der Waals surface area (Å²) >= 11 is 3.48. The molecule has 0 saturated heterocycles. The van der Waals surface area contributed by atoms with Gasteiger partial charge >= 0.3 is 0 Å². The third kappa shape index (κ3) is 4.13. The number of phenols is 1. The van der Waals surface area contributed by atoms with Gasteiger partial charge in [0.05, 0.1) is 16.6 Å². The second kappa shape index (κ2) is 8.56. The number of halogens is 1. The molecule has 0 unspecified atom stereocenters. The van der Waals surface area contributed by atoms with Gasteiger partial charge in [-0.3, -0.25) is 4.79 Å². The molecular weight excluding hydrogens is 504 g/mol. The second-order valence-corrected chi connectivity index (χ2v) is 9.37. The van der Waals surface area contributed by atoms with E-state index in [-0.39, 0.29) is 11.5 Å². The molecule has 0 aliphatic heterocycles. The number of fused-ring (bicyclic) bond motifs is 2. The minimum absolute atomic E-state index is 0.135. The minimum atomic E-state index is -0.135. The highest BCUT2D eigenvalue weighted by Gasteiger charge is 2.15. The molecule has 2 N–H and O–H groups in total. The summed E-state index contributed by atoms with van der Waals surface area (Å²) in [5, 5.41) is 11.4. The van der Waals surface area contributed by atoms with Crippen molar-refractivity contribution in [1.82, 2.24) is 9.97 Å². The lowest BCUT2D eigenvalue weighted by Crippen LogP contribution is -1.98. The Balaban J connectivity index is 1.30. The van der Waals surface area contributed by atoms with Gasteiger partial charge in [-0.05, 0) is 66.1 Å². The summed E-state index contributed by atoms with van der Waals surface area (Å²) in [6.45, 7) is 0. The topological polar surface area (TPSA) is 79.1 Å². The number of carbonyl (C=O) groups excluding carboxylic acids is 1. The van der Waals surface area contributed by atoms with Crippen LogP contribution in [0, 0.1) is 0 Å². The second-order valence-electron chi connectivity index (χ2n) is 8.45. The molecule has 6 heteroatoms. The molecule has 6 rings (SSSR count). The molecule has 0 aliphatic carbocycles. The van der Waals surface area contributed by atoms with Gasteiger partial charge in [0.15, 0.2) is 5.76 Å². The fraction of sp³-hybridized carbons (Fsp3) is 0.0345. The van der Waals surface area contributed by atoms with Crippen molar-refractivity contribution in [2.75, 3.05) is 0 Å². The van der Waals surface area contributed by atoms with Crippen LogP contribution in [0.3, 0.4) is 0 Å². The number of H-pyrrole nitrogens is 1. The van der Waals surface area contributed by atoms with Crippen LogP contribution in [0.15, 0.2) is 99.9 Å². The first kappa shape index (κ1) is 21.4. The molecule has 5 nitrogen and oxygen atoms in total. The molecule has 6 aromatic rings. The summed E-state index contributed by atoms with van der Waals surface area (Å²) in [4.78, 5) is 20.7. The predicted octanol–water partition coefficient (Wildman–Crippen LogP) is 7.27. The molecule has 170 valence electrons. The first-order valence-corrected chi connectivity index (χ1v) is 11.9. The van der Waals surface area contributed by atoms with Crippen molar-refractivity contribution in [3.05, 3.63) is 118 Å². The molecule has 2 aromatic heterocycles. The zero-order valence-corrected chi connectivity index (χ0v) is 20.0. The Bertz CT molecular complexity index is 1720. The molecule has 0 spiro atoms. The molecular formula is C29H19BrN2O3. The van der Waals surface area contributed by atoms with Crippen molar-refractivity contribution >= 4 is 43.7 Å². The standard InChI is InChI=1S/C29H19BrN2O3/c30-21-8-9-23-24(16-21)32-29(31-23)22-14-18(6-10-25(22)33)12-17-7-11-26-20(13-17)15-27(35-26)28(34)19-4-2-1-3-5-19/h1-11,13-16,33H,12H2,(H,31,32). The van der Waals surface area contributed by atoms with Crippen LogP contribution in [0.2, 0.25) is 0 Å². The number of imidazole rings is 1. The number of ketones is 1. The molecule has 0 radical (unpaired) electrons. The number of furan rings is 1. The van der Waals surface area contributed by atoms with Gasteiger partial charge in [-0.1, -0.05) is 58.4 Å². The zero-order valence-electron chi connectivity index (χ0n) is 18.5. The largest absolute Gasteiger partial charge is 0.507 e. The minimum Gasteiger partial charge on any atom is -0.507 e. The molecule has 0 amide bonds. The molecule has 4 aromatic carbocycles. The van der Waals surface area contributed by atoms with Crippen LogP contribution in [-0.4, -0.2) is 20.9 Å². The van der Waals surface area contributed by atoms with E-state index in [9.17, 15) is 9.90 Å². The van der Waals surface area contributed by atoms with E-state index in [0.29, 0.717) is 34.7 Å². The maximum Gasteiger partial charge on any atom is 0.228 e. The summed E-state index contributed by atoms with van der Waals surface area (Å²) in [6, 6.07) is 28.2. The lowest BCUT2D eigenvalue weighted by atomic mass is 10.0. The van der Waals surface area contributed by atoms with E-state index in [1.54, 1.807) is 24.3 Å². The lowest BCUT2D eigenvalue weighted by molar-refractivity contribution is 0.101.